The van der Waals surface area contributed by atoms with Crippen molar-refractivity contribution in [1.82, 2.24) is 29.1 Å². The van der Waals surface area contributed by atoms with Gasteiger partial charge < -0.3 is 14.7 Å². The lowest BCUT2D eigenvalue weighted by Crippen LogP contribution is -2.53. The van der Waals surface area contributed by atoms with Crippen LogP contribution in [0.3, 0.4) is 0 Å². The van der Waals surface area contributed by atoms with Crippen LogP contribution in [0.2, 0.25) is 0 Å². The molecule has 0 bridgehead atoms. The average Bonchev–Trinajstić information content (AvgIpc) is 3.13. The molecule has 150 valence electrons. The van der Waals surface area contributed by atoms with Gasteiger partial charge in [-0.25, -0.2) is 9.97 Å². The van der Waals surface area contributed by atoms with E-state index in [9.17, 15) is 9.59 Å². The molecule has 2 fully saturated rings. The van der Waals surface area contributed by atoms with Crippen molar-refractivity contribution < 1.29 is 9.59 Å². The Labute approximate surface area is 165 Å². The van der Waals surface area contributed by atoms with Gasteiger partial charge in [0.05, 0.1) is 0 Å². The number of fused-ring (bicyclic) bond motifs is 1. The van der Waals surface area contributed by atoms with Gasteiger partial charge in [0, 0.05) is 57.7 Å². The van der Waals surface area contributed by atoms with Gasteiger partial charge in [-0.15, -0.1) is 0 Å². The summed E-state index contributed by atoms with van der Waals surface area (Å²) in [6, 6.07) is 1.82. The quantitative estimate of drug-likeness (QED) is 0.790. The predicted octanol–water partition coefficient (Wildman–Crippen LogP) is 1.14. The Hall–Kier alpha value is -2.48. The number of carbonyl (C=O) groups excluding carboxylic acids is 2. The summed E-state index contributed by atoms with van der Waals surface area (Å²) in [6.45, 7) is 3.92. The lowest BCUT2D eigenvalue weighted by Gasteiger charge is -2.47. The Morgan fingerprint density at radius 2 is 2.04 bits per heavy atom. The standard InChI is InChI=1S/C20H28N6O2/c1-23(2)12-13-26-15-20(5-4-17(26)27)6-10-24(11-7-20)18(28)16-14-25-9-3-8-21-19(25)22-16/h3,8-9,14H,4-7,10-13,15H2,1-2H3. The van der Waals surface area contributed by atoms with Crippen LogP contribution in [0.5, 0.6) is 0 Å². The normalized spacial score (nSPS) is 19.8. The van der Waals surface area contributed by atoms with Gasteiger partial charge in [-0.2, -0.15) is 0 Å². The van der Waals surface area contributed by atoms with E-state index in [1.807, 2.05) is 36.2 Å². The number of rotatable bonds is 4. The van der Waals surface area contributed by atoms with Gasteiger partial charge in [0.15, 0.2) is 0 Å². The highest BCUT2D eigenvalue weighted by molar-refractivity contribution is 5.92. The lowest BCUT2D eigenvalue weighted by molar-refractivity contribution is -0.139. The Kier molecular flexibility index (Phi) is 5.05. The molecule has 2 saturated heterocycles. The van der Waals surface area contributed by atoms with E-state index in [2.05, 4.69) is 14.9 Å². The van der Waals surface area contributed by atoms with Gasteiger partial charge in [-0.3, -0.25) is 14.0 Å². The molecule has 2 amide bonds. The van der Waals surface area contributed by atoms with E-state index in [4.69, 9.17) is 0 Å². The minimum Gasteiger partial charge on any atom is -0.341 e. The summed E-state index contributed by atoms with van der Waals surface area (Å²) < 4.78 is 1.77. The fourth-order valence-corrected chi connectivity index (χ4v) is 4.31. The summed E-state index contributed by atoms with van der Waals surface area (Å²) >= 11 is 0. The van der Waals surface area contributed by atoms with E-state index in [0.717, 1.165) is 52.0 Å². The second kappa shape index (κ2) is 7.50. The maximum atomic E-state index is 12.9. The Balaban J connectivity index is 1.39. The van der Waals surface area contributed by atoms with Crippen molar-refractivity contribution in [3.8, 4) is 0 Å². The molecule has 0 radical (unpaired) electrons. The highest BCUT2D eigenvalue weighted by atomic mass is 16.2. The monoisotopic (exact) mass is 384 g/mol. The summed E-state index contributed by atoms with van der Waals surface area (Å²) in [6.07, 6.45) is 8.71. The van der Waals surface area contributed by atoms with Crippen LogP contribution in [0.25, 0.3) is 5.78 Å². The number of likely N-dealkylation sites (N-methyl/N-ethyl adjacent to an activating group) is 1. The molecular weight excluding hydrogens is 356 g/mol. The first-order valence-corrected chi connectivity index (χ1v) is 9.97. The van der Waals surface area contributed by atoms with Crippen molar-refractivity contribution >= 4 is 17.6 Å². The van der Waals surface area contributed by atoms with Crippen LogP contribution >= 0.6 is 0 Å². The smallest absolute Gasteiger partial charge is 0.274 e. The topological polar surface area (TPSA) is 74.0 Å². The number of imidazole rings is 1. The molecule has 8 nitrogen and oxygen atoms in total. The Morgan fingerprint density at radius 3 is 2.75 bits per heavy atom. The maximum absolute atomic E-state index is 12.9. The molecule has 0 unspecified atom stereocenters. The van der Waals surface area contributed by atoms with Gasteiger partial charge in [-0.1, -0.05) is 0 Å². The number of hydrogen-bond acceptors (Lipinski definition) is 5. The van der Waals surface area contributed by atoms with Crippen molar-refractivity contribution in [2.75, 3.05) is 46.8 Å². The molecule has 2 aromatic heterocycles. The molecule has 28 heavy (non-hydrogen) atoms. The summed E-state index contributed by atoms with van der Waals surface area (Å²) in [7, 11) is 4.06. The Bertz CT molecular complexity index is 835. The van der Waals surface area contributed by atoms with E-state index in [-0.39, 0.29) is 17.2 Å². The molecule has 0 aliphatic carbocycles. The van der Waals surface area contributed by atoms with Crippen LogP contribution in [0, 0.1) is 5.41 Å². The number of amides is 2. The molecule has 2 aliphatic rings. The fraction of sp³-hybridized carbons (Fsp3) is 0.600. The average molecular weight is 384 g/mol. The molecule has 2 aromatic rings. The highest BCUT2D eigenvalue weighted by Crippen LogP contribution is 2.40. The summed E-state index contributed by atoms with van der Waals surface area (Å²) in [5, 5.41) is 0. The zero-order chi connectivity index (χ0) is 19.7. The zero-order valence-corrected chi connectivity index (χ0v) is 16.7. The van der Waals surface area contributed by atoms with Gasteiger partial charge in [-0.05, 0) is 44.8 Å². The van der Waals surface area contributed by atoms with Crippen molar-refractivity contribution in [3.63, 3.8) is 0 Å². The minimum absolute atomic E-state index is 0.0308. The van der Waals surface area contributed by atoms with Crippen LogP contribution in [0.1, 0.15) is 36.2 Å². The molecule has 0 atom stereocenters. The number of carbonyl (C=O) groups is 2. The second-order valence-electron chi connectivity index (χ2n) is 8.36. The maximum Gasteiger partial charge on any atom is 0.274 e. The van der Waals surface area contributed by atoms with Gasteiger partial charge in [0.1, 0.15) is 5.69 Å². The number of piperidine rings is 2. The predicted molar refractivity (Wildman–Crippen MR) is 105 cm³/mol. The van der Waals surface area contributed by atoms with Gasteiger partial charge >= 0.3 is 0 Å². The second-order valence-corrected chi connectivity index (χ2v) is 8.36. The number of nitrogens with zero attached hydrogens (tertiary/aromatic N) is 6. The highest BCUT2D eigenvalue weighted by Gasteiger charge is 2.41. The van der Waals surface area contributed by atoms with Crippen LogP contribution in [-0.4, -0.2) is 87.7 Å². The van der Waals surface area contributed by atoms with E-state index >= 15 is 0 Å². The summed E-state index contributed by atoms with van der Waals surface area (Å²) in [5.41, 5.74) is 0.596. The van der Waals surface area contributed by atoms with Gasteiger partial charge in [0.25, 0.3) is 5.91 Å². The number of likely N-dealkylation sites (tertiary alicyclic amines) is 2. The molecule has 1 spiro atoms. The van der Waals surface area contributed by atoms with Crippen LogP contribution in [0.15, 0.2) is 24.7 Å². The molecule has 0 saturated carbocycles. The van der Waals surface area contributed by atoms with Gasteiger partial charge in [0.2, 0.25) is 11.7 Å². The van der Waals surface area contributed by atoms with E-state index in [0.29, 0.717) is 17.9 Å². The number of hydrogen-bond donors (Lipinski definition) is 0. The van der Waals surface area contributed by atoms with Crippen molar-refractivity contribution in [1.29, 1.82) is 0 Å². The van der Waals surface area contributed by atoms with E-state index < -0.39 is 0 Å². The molecule has 4 heterocycles. The van der Waals surface area contributed by atoms with Crippen molar-refractivity contribution in [3.05, 3.63) is 30.4 Å². The third-order valence-corrected chi connectivity index (χ3v) is 6.13. The van der Waals surface area contributed by atoms with E-state index in [1.54, 1.807) is 16.8 Å². The van der Waals surface area contributed by atoms with Crippen molar-refractivity contribution in [2.24, 2.45) is 5.41 Å². The first-order valence-electron chi connectivity index (χ1n) is 9.97. The SMILES string of the molecule is CN(C)CCN1CC2(CCC1=O)CCN(C(=O)c1cn3cccnc3n1)CC2. The molecule has 2 aliphatic heterocycles. The Morgan fingerprint density at radius 1 is 1.25 bits per heavy atom. The molecule has 0 aromatic carbocycles. The van der Waals surface area contributed by atoms with E-state index in [1.165, 1.54) is 0 Å². The van der Waals surface area contributed by atoms with Crippen molar-refractivity contribution in [2.45, 2.75) is 25.7 Å². The molecule has 0 N–H and O–H groups in total. The first kappa shape index (κ1) is 18.9. The molecular formula is C20H28N6O2. The fourth-order valence-electron chi connectivity index (χ4n) is 4.31. The lowest BCUT2D eigenvalue weighted by atomic mass is 9.72. The zero-order valence-electron chi connectivity index (χ0n) is 16.7. The third kappa shape index (κ3) is 3.73. The molecule has 4 rings (SSSR count). The van der Waals surface area contributed by atoms with Crippen LogP contribution in [0.4, 0.5) is 0 Å². The number of aromatic nitrogens is 3. The minimum atomic E-state index is -0.0308. The molecule has 8 heteroatoms. The van der Waals surface area contributed by atoms with Crippen LogP contribution in [-0.2, 0) is 4.79 Å². The largest absolute Gasteiger partial charge is 0.341 e. The summed E-state index contributed by atoms with van der Waals surface area (Å²) in [4.78, 5) is 39.8. The summed E-state index contributed by atoms with van der Waals surface area (Å²) in [5.74, 6) is 0.779. The van der Waals surface area contributed by atoms with Crippen LogP contribution < -0.4 is 0 Å². The third-order valence-electron chi connectivity index (χ3n) is 6.13. The first-order chi connectivity index (χ1) is 13.5.